The van der Waals surface area contributed by atoms with E-state index in [0.29, 0.717) is 17.5 Å². The van der Waals surface area contributed by atoms with Gasteiger partial charge in [0.25, 0.3) is 11.9 Å². The first-order valence-corrected chi connectivity index (χ1v) is 12.2. The van der Waals surface area contributed by atoms with E-state index >= 15 is 4.39 Å². The van der Waals surface area contributed by atoms with E-state index in [2.05, 4.69) is 15.3 Å². The van der Waals surface area contributed by atoms with Crippen molar-refractivity contribution < 1.29 is 33.3 Å². The van der Waals surface area contributed by atoms with Crippen LogP contribution in [0.15, 0.2) is 54.6 Å². The highest BCUT2D eigenvalue weighted by Gasteiger charge is 2.25. The van der Waals surface area contributed by atoms with E-state index in [9.17, 15) is 14.3 Å². The number of fused-ring (bicyclic) bond motifs is 1. The molecule has 3 aromatic carbocycles. The van der Waals surface area contributed by atoms with Crippen molar-refractivity contribution in [2.45, 2.75) is 25.6 Å². The lowest BCUT2D eigenvalue weighted by atomic mass is 9.98. The van der Waals surface area contributed by atoms with Gasteiger partial charge in [0.2, 0.25) is 0 Å². The summed E-state index contributed by atoms with van der Waals surface area (Å²) in [5, 5.41) is 19.9. The standard InChI is InChI=1S/C26H23F2N3O4.C2H6O/c1-29-25(33)17-8-4-15(5-9-17)14-2-6-16(7-3-14)22-20(27)11-21-24(23(22)28)31-26(30-21)35-19-10-18(32)12-34-13-19;1-2-3/h2-9,11,18-19,32H,10,12-13H2,1H3,(H,29,33)(H,30,31);3H,2H2,1H3. The number of hydrogen-bond acceptors (Lipinski definition) is 6. The molecule has 1 aliphatic heterocycles. The first-order valence-electron chi connectivity index (χ1n) is 12.2. The number of amides is 1. The van der Waals surface area contributed by atoms with Gasteiger partial charge in [-0.1, -0.05) is 36.4 Å². The van der Waals surface area contributed by atoms with Gasteiger partial charge in [0.05, 0.1) is 30.4 Å². The molecule has 1 fully saturated rings. The van der Waals surface area contributed by atoms with Crippen LogP contribution in [-0.4, -0.2) is 65.2 Å². The molecule has 200 valence electrons. The van der Waals surface area contributed by atoms with Crippen LogP contribution in [0.5, 0.6) is 6.01 Å². The number of rotatable bonds is 5. The van der Waals surface area contributed by atoms with Crippen LogP contribution in [0, 0.1) is 11.6 Å². The molecule has 38 heavy (non-hydrogen) atoms. The molecule has 1 aliphatic rings. The Hall–Kier alpha value is -3.86. The van der Waals surface area contributed by atoms with Crippen molar-refractivity contribution in [3.8, 4) is 28.3 Å². The molecule has 2 unspecified atom stereocenters. The van der Waals surface area contributed by atoms with Crippen molar-refractivity contribution in [3.63, 3.8) is 0 Å². The highest BCUT2D eigenvalue weighted by Crippen LogP contribution is 2.33. The minimum absolute atomic E-state index is 0.0358. The summed E-state index contributed by atoms with van der Waals surface area (Å²) >= 11 is 0. The molecule has 10 heteroatoms. The number of nitrogens with zero attached hydrogens (tertiary/aromatic N) is 1. The Morgan fingerprint density at radius 3 is 2.32 bits per heavy atom. The minimum atomic E-state index is -0.797. The number of H-pyrrole nitrogens is 1. The van der Waals surface area contributed by atoms with Crippen molar-refractivity contribution in [3.05, 3.63) is 71.8 Å². The van der Waals surface area contributed by atoms with Crippen molar-refractivity contribution in [1.29, 1.82) is 0 Å². The smallest absolute Gasteiger partial charge is 0.295 e. The summed E-state index contributed by atoms with van der Waals surface area (Å²) in [6, 6.07) is 15.1. The molecule has 1 aromatic heterocycles. The first-order chi connectivity index (χ1) is 18.3. The number of hydrogen-bond donors (Lipinski definition) is 4. The van der Waals surface area contributed by atoms with E-state index in [1.165, 1.54) is 6.07 Å². The highest BCUT2D eigenvalue weighted by molar-refractivity contribution is 5.94. The maximum atomic E-state index is 15.4. The Kier molecular flexibility index (Phi) is 8.67. The number of ether oxygens (including phenoxy) is 2. The largest absolute Gasteiger partial charge is 0.459 e. The zero-order valence-electron chi connectivity index (χ0n) is 21.0. The molecular formula is C28H29F2N3O5. The van der Waals surface area contributed by atoms with E-state index < -0.39 is 23.8 Å². The predicted octanol–water partition coefficient (Wildman–Crippen LogP) is 4.06. The van der Waals surface area contributed by atoms with Gasteiger partial charge in [-0.25, -0.2) is 8.78 Å². The third-order valence-corrected chi connectivity index (χ3v) is 5.96. The van der Waals surface area contributed by atoms with Crippen molar-refractivity contribution in [2.75, 3.05) is 26.9 Å². The van der Waals surface area contributed by atoms with Gasteiger partial charge in [-0.05, 0) is 35.7 Å². The van der Waals surface area contributed by atoms with Crippen LogP contribution in [0.1, 0.15) is 23.7 Å². The summed E-state index contributed by atoms with van der Waals surface area (Å²) in [6.07, 6.45) is -0.722. The molecule has 0 aliphatic carbocycles. The highest BCUT2D eigenvalue weighted by atomic mass is 19.1. The van der Waals surface area contributed by atoms with Crippen LogP contribution in [0.2, 0.25) is 0 Å². The Morgan fingerprint density at radius 2 is 1.71 bits per heavy atom. The molecule has 0 saturated carbocycles. The van der Waals surface area contributed by atoms with Gasteiger partial charge in [-0.3, -0.25) is 4.79 Å². The number of benzene rings is 3. The molecule has 0 radical (unpaired) electrons. The molecule has 0 spiro atoms. The monoisotopic (exact) mass is 525 g/mol. The van der Waals surface area contributed by atoms with Crippen molar-refractivity contribution >= 4 is 16.9 Å². The second-order valence-corrected chi connectivity index (χ2v) is 8.70. The van der Waals surface area contributed by atoms with Gasteiger partial charge in [0.15, 0.2) is 5.82 Å². The van der Waals surface area contributed by atoms with Crippen LogP contribution in [0.25, 0.3) is 33.3 Å². The SMILES string of the molecule is CCO.CNC(=O)c1ccc(-c2ccc(-c3c(F)cc4[nH]c(OC5COCC(O)C5)nc4c3F)cc2)cc1. The van der Waals surface area contributed by atoms with Gasteiger partial charge in [-0.15, -0.1) is 0 Å². The van der Waals surface area contributed by atoms with Crippen LogP contribution in [0.4, 0.5) is 8.78 Å². The predicted molar refractivity (Wildman–Crippen MR) is 139 cm³/mol. The summed E-state index contributed by atoms with van der Waals surface area (Å²) < 4.78 is 41.2. The fourth-order valence-corrected chi connectivity index (χ4v) is 4.18. The average molecular weight is 526 g/mol. The second-order valence-electron chi connectivity index (χ2n) is 8.70. The fraction of sp³-hybridized carbons (Fsp3) is 0.286. The first kappa shape index (κ1) is 27.2. The summed E-state index contributed by atoms with van der Waals surface area (Å²) in [5.74, 6) is -1.71. The Labute approximate surface area is 218 Å². The van der Waals surface area contributed by atoms with E-state index in [-0.39, 0.29) is 48.3 Å². The molecule has 0 bridgehead atoms. The fourth-order valence-electron chi connectivity index (χ4n) is 4.18. The molecule has 4 aromatic rings. The quantitative estimate of drug-likeness (QED) is 0.312. The number of carbonyl (C=O) groups excluding carboxylic acids is 1. The number of carbonyl (C=O) groups is 1. The van der Waals surface area contributed by atoms with Gasteiger partial charge >= 0.3 is 0 Å². The summed E-state index contributed by atoms with van der Waals surface area (Å²) in [7, 11) is 1.57. The normalized spacial score (nSPS) is 17.0. The molecule has 2 heterocycles. The Balaban J connectivity index is 0.00000107. The third-order valence-electron chi connectivity index (χ3n) is 5.96. The van der Waals surface area contributed by atoms with Crippen LogP contribution in [0.3, 0.4) is 0 Å². The molecule has 5 rings (SSSR count). The van der Waals surface area contributed by atoms with E-state index in [1.807, 2.05) is 12.1 Å². The van der Waals surface area contributed by atoms with E-state index in [4.69, 9.17) is 14.6 Å². The minimum Gasteiger partial charge on any atom is -0.459 e. The number of aliphatic hydroxyl groups excluding tert-OH is 2. The van der Waals surface area contributed by atoms with Gasteiger partial charge in [0, 0.05) is 31.7 Å². The average Bonchev–Trinajstić information content (AvgIpc) is 3.31. The molecular weight excluding hydrogens is 496 g/mol. The summed E-state index contributed by atoms with van der Waals surface area (Å²) in [5.41, 5.74) is 2.56. The number of aromatic amines is 1. The molecule has 1 amide bonds. The number of nitrogens with one attached hydrogen (secondary N) is 2. The van der Waals surface area contributed by atoms with Crippen molar-refractivity contribution in [1.82, 2.24) is 15.3 Å². The molecule has 1 saturated heterocycles. The molecule has 4 N–H and O–H groups in total. The van der Waals surface area contributed by atoms with Crippen molar-refractivity contribution in [2.24, 2.45) is 0 Å². The number of halogens is 2. The topological polar surface area (TPSA) is 117 Å². The molecule has 8 nitrogen and oxygen atoms in total. The van der Waals surface area contributed by atoms with Crippen LogP contribution in [-0.2, 0) is 4.74 Å². The lowest BCUT2D eigenvalue weighted by Gasteiger charge is -2.25. The Bertz CT molecular complexity index is 1390. The molecule has 2 atom stereocenters. The summed E-state index contributed by atoms with van der Waals surface area (Å²) in [4.78, 5) is 18.7. The maximum Gasteiger partial charge on any atom is 0.295 e. The van der Waals surface area contributed by atoms with Crippen LogP contribution < -0.4 is 10.1 Å². The zero-order chi connectivity index (χ0) is 27.2. The van der Waals surface area contributed by atoms with Gasteiger partial charge < -0.3 is 30.0 Å². The maximum absolute atomic E-state index is 15.4. The Morgan fingerprint density at radius 1 is 1.11 bits per heavy atom. The second kappa shape index (κ2) is 12.1. The van der Waals surface area contributed by atoms with Crippen LogP contribution >= 0.6 is 0 Å². The lowest BCUT2D eigenvalue weighted by Crippen LogP contribution is -2.36. The number of imidazole rings is 1. The van der Waals surface area contributed by atoms with E-state index in [0.717, 1.165) is 11.1 Å². The lowest BCUT2D eigenvalue weighted by molar-refractivity contribution is -0.0646. The summed E-state index contributed by atoms with van der Waals surface area (Å²) in [6.45, 7) is 2.44. The number of aromatic nitrogens is 2. The van der Waals surface area contributed by atoms with E-state index in [1.54, 1.807) is 50.4 Å². The van der Waals surface area contributed by atoms with Gasteiger partial charge in [0.1, 0.15) is 17.4 Å². The zero-order valence-corrected chi connectivity index (χ0v) is 21.0. The van der Waals surface area contributed by atoms with Gasteiger partial charge in [-0.2, -0.15) is 4.98 Å². The number of aliphatic hydroxyl groups is 2. The third kappa shape index (κ3) is 5.99.